The normalized spacial score (nSPS) is 14.1. The predicted octanol–water partition coefficient (Wildman–Crippen LogP) is 8.10. The van der Waals surface area contributed by atoms with Gasteiger partial charge in [-0.15, -0.1) is 4.98 Å². The highest BCUT2D eigenvalue weighted by atomic mass is 35.5. The van der Waals surface area contributed by atoms with Crippen LogP contribution in [0, 0.1) is 27.7 Å². The molecule has 0 radical (unpaired) electrons. The molecule has 3 heterocycles. The van der Waals surface area contributed by atoms with Crippen molar-refractivity contribution in [2.75, 3.05) is 0 Å². The molecular weight excluding hydrogens is 547 g/mol. The molecule has 0 saturated carbocycles. The number of halogens is 3. The maximum atomic E-state index is 14.2. The number of aromatic nitrogens is 4. The monoisotopic (exact) mass is 573 g/mol. The smallest absolute Gasteiger partial charge is 0.424 e. The van der Waals surface area contributed by atoms with Crippen molar-refractivity contribution in [3.63, 3.8) is 0 Å². The van der Waals surface area contributed by atoms with Crippen molar-refractivity contribution in [3.8, 4) is 23.5 Å². The molecule has 1 aliphatic rings. The number of aliphatic imine (C=N–C) groups is 1. The Labute approximate surface area is 242 Å². The Balaban J connectivity index is 1.49. The summed E-state index contributed by atoms with van der Waals surface area (Å²) in [5.41, 5.74) is 7.31. The van der Waals surface area contributed by atoms with E-state index in [2.05, 4.69) is 19.9 Å². The van der Waals surface area contributed by atoms with E-state index in [4.69, 9.17) is 21.1 Å². The molecular formula is C30H27BClF2N5O2. The first kappa shape index (κ1) is 28.2. The van der Waals surface area contributed by atoms with Gasteiger partial charge in [-0.05, 0) is 106 Å². The summed E-state index contributed by atoms with van der Waals surface area (Å²) in [7, 11) is -2.71. The fourth-order valence-electron chi connectivity index (χ4n) is 4.92. The number of benzene rings is 2. The topological polar surface area (TPSA) is 74.4 Å². The van der Waals surface area contributed by atoms with Crippen LogP contribution in [0.1, 0.15) is 47.5 Å². The first-order valence-electron chi connectivity index (χ1n) is 12.9. The van der Waals surface area contributed by atoms with Crippen molar-refractivity contribution in [2.45, 2.75) is 41.5 Å². The molecule has 0 saturated heterocycles. The number of rotatable bonds is 7. The van der Waals surface area contributed by atoms with E-state index in [1.807, 2.05) is 58.9 Å². The second kappa shape index (κ2) is 11.3. The second-order valence-electron chi connectivity index (χ2n) is 9.94. The zero-order valence-corrected chi connectivity index (χ0v) is 24.2. The third kappa shape index (κ3) is 5.93. The molecule has 0 unspecified atom stereocenters. The number of allylic oxidation sites excluding steroid dienone is 2. The van der Waals surface area contributed by atoms with Gasteiger partial charge in [0.25, 0.3) is 0 Å². The van der Waals surface area contributed by atoms with Gasteiger partial charge < -0.3 is 14.0 Å². The van der Waals surface area contributed by atoms with Crippen molar-refractivity contribution in [1.82, 2.24) is 19.4 Å². The van der Waals surface area contributed by atoms with Crippen molar-refractivity contribution in [2.24, 2.45) is 4.99 Å². The summed E-state index contributed by atoms with van der Waals surface area (Å²) < 4.78 is 41.2. The Morgan fingerprint density at radius 3 is 2.12 bits per heavy atom. The van der Waals surface area contributed by atoms with Gasteiger partial charge in [-0.25, -0.2) is 0 Å². The largest absolute Gasteiger partial charge is 0.677 e. The number of ether oxygens (including phenoxy) is 2. The maximum absolute atomic E-state index is 14.2. The summed E-state index contributed by atoms with van der Waals surface area (Å²) in [4.78, 5) is 17.0. The number of hydrogen-bond acceptors (Lipinski definition) is 6. The average Bonchev–Trinajstić information content (AvgIpc) is 3.38. The van der Waals surface area contributed by atoms with E-state index in [1.54, 1.807) is 37.3 Å². The molecule has 4 aromatic rings. The number of aryl methyl sites for hydroxylation is 4. The molecule has 0 aliphatic carbocycles. The molecule has 5 rings (SSSR count). The molecule has 0 amide bonds. The van der Waals surface area contributed by atoms with E-state index in [1.165, 1.54) is 0 Å². The van der Waals surface area contributed by atoms with E-state index in [-0.39, 0.29) is 17.3 Å². The van der Waals surface area contributed by atoms with E-state index in [0.717, 1.165) is 32.5 Å². The molecule has 2 aromatic carbocycles. The van der Waals surface area contributed by atoms with E-state index >= 15 is 0 Å². The van der Waals surface area contributed by atoms with Crippen LogP contribution in [0.3, 0.4) is 0 Å². The zero-order chi connectivity index (χ0) is 29.4. The molecule has 0 atom stereocenters. The minimum atomic E-state index is -2.71. The van der Waals surface area contributed by atoms with Crippen molar-refractivity contribution < 1.29 is 18.1 Å². The Morgan fingerprint density at radius 1 is 0.829 bits per heavy atom. The number of nitrogens with zero attached hydrogens (tertiary/aromatic N) is 5. The van der Waals surface area contributed by atoms with Gasteiger partial charge in [0.05, 0.1) is 5.70 Å². The van der Waals surface area contributed by atoms with Gasteiger partial charge in [0.2, 0.25) is 5.28 Å². The molecule has 41 heavy (non-hydrogen) atoms. The maximum Gasteiger partial charge on any atom is 0.677 e. The summed E-state index contributed by atoms with van der Waals surface area (Å²) in [5.74, 6) is 0.996. The van der Waals surface area contributed by atoms with Crippen LogP contribution in [0.5, 0.6) is 23.5 Å². The lowest BCUT2D eigenvalue weighted by molar-refractivity contribution is 0.396. The molecule has 11 heteroatoms. The van der Waals surface area contributed by atoms with Crippen molar-refractivity contribution in [3.05, 3.63) is 105 Å². The lowest BCUT2D eigenvalue weighted by atomic mass is 9.94. The lowest BCUT2D eigenvalue weighted by Gasteiger charge is -2.17. The van der Waals surface area contributed by atoms with Crippen molar-refractivity contribution >= 4 is 30.3 Å². The summed E-state index contributed by atoms with van der Waals surface area (Å²) in [5, 5.41) is -0.0891. The van der Waals surface area contributed by atoms with Crippen LogP contribution < -0.4 is 9.47 Å². The minimum Gasteiger partial charge on any atom is -0.424 e. The SMILES string of the molecule is CC1=CC(C)=N/C1=C(/c1ccc(Oc2nc(Cl)nc(Oc3ccc(C)cc3C)n2)cc1)c1c(C)cc(C)n1B(F)F. The molecule has 0 N–H and O–H groups in total. The standard InChI is InChI=1S/C30H27BClF2N5O2/c1-16-7-12-24(17(2)13-16)41-30-37-28(32)36-29(38-30)40-23-10-8-22(9-11-23)25(26-18(3)14-20(5)35-26)27-19(4)15-21(6)39(27)31(33)34/h7-15H,1-6H3/b26-25-. The molecule has 0 spiro atoms. The van der Waals surface area contributed by atoms with Gasteiger partial charge in [0.15, 0.2) is 0 Å². The quantitative estimate of drug-likeness (QED) is 0.209. The van der Waals surface area contributed by atoms with Gasteiger partial charge in [0.1, 0.15) is 11.5 Å². The zero-order valence-electron chi connectivity index (χ0n) is 23.5. The minimum absolute atomic E-state index is 0.00840. The molecule has 0 bridgehead atoms. The fourth-order valence-corrected chi connectivity index (χ4v) is 5.06. The predicted molar refractivity (Wildman–Crippen MR) is 158 cm³/mol. The van der Waals surface area contributed by atoms with Crippen LogP contribution in [0.4, 0.5) is 8.63 Å². The summed E-state index contributed by atoms with van der Waals surface area (Å²) in [6.45, 7) is 11.2. The molecule has 1 aliphatic heterocycles. The highest BCUT2D eigenvalue weighted by molar-refractivity contribution is 6.41. The Morgan fingerprint density at radius 2 is 1.51 bits per heavy atom. The first-order valence-corrected chi connectivity index (χ1v) is 13.3. The van der Waals surface area contributed by atoms with Gasteiger partial charge in [-0.1, -0.05) is 29.8 Å². The lowest BCUT2D eigenvalue weighted by Crippen LogP contribution is -2.18. The highest BCUT2D eigenvalue weighted by Gasteiger charge is 2.29. The molecule has 0 fully saturated rings. The van der Waals surface area contributed by atoms with Gasteiger partial charge >= 0.3 is 19.4 Å². The van der Waals surface area contributed by atoms with Crippen LogP contribution in [0.25, 0.3) is 5.57 Å². The van der Waals surface area contributed by atoms with Crippen LogP contribution in [0.2, 0.25) is 5.28 Å². The van der Waals surface area contributed by atoms with Crippen LogP contribution >= 0.6 is 11.6 Å². The van der Waals surface area contributed by atoms with E-state index in [9.17, 15) is 8.63 Å². The molecule has 208 valence electrons. The number of hydrogen-bond donors (Lipinski definition) is 0. The van der Waals surface area contributed by atoms with E-state index < -0.39 is 7.40 Å². The van der Waals surface area contributed by atoms with Gasteiger partial charge in [0, 0.05) is 22.7 Å². The van der Waals surface area contributed by atoms with Crippen LogP contribution in [-0.4, -0.2) is 32.5 Å². The highest BCUT2D eigenvalue weighted by Crippen LogP contribution is 2.38. The molecule has 2 aromatic heterocycles. The first-order chi connectivity index (χ1) is 19.5. The Bertz CT molecular complexity index is 1750. The average molecular weight is 574 g/mol. The van der Waals surface area contributed by atoms with Crippen molar-refractivity contribution in [1.29, 1.82) is 0 Å². The molecule has 7 nitrogen and oxygen atoms in total. The summed E-state index contributed by atoms with van der Waals surface area (Å²) in [6, 6.07) is 14.4. The van der Waals surface area contributed by atoms with Gasteiger partial charge in [-0.2, -0.15) is 9.97 Å². The Kier molecular flexibility index (Phi) is 7.77. The van der Waals surface area contributed by atoms with Crippen LogP contribution in [-0.2, 0) is 0 Å². The van der Waals surface area contributed by atoms with E-state index in [0.29, 0.717) is 39.7 Å². The Hall–Kier alpha value is -4.31. The fraction of sp³-hybridized carbons (Fsp3) is 0.200. The third-order valence-corrected chi connectivity index (χ3v) is 6.80. The third-order valence-electron chi connectivity index (χ3n) is 6.63. The summed E-state index contributed by atoms with van der Waals surface area (Å²) >= 11 is 6.13. The van der Waals surface area contributed by atoms with Crippen LogP contribution in [0.15, 0.2) is 70.9 Å². The van der Waals surface area contributed by atoms with Gasteiger partial charge in [-0.3, -0.25) is 13.6 Å². The summed E-state index contributed by atoms with van der Waals surface area (Å²) in [6.07, 6.45) is 1.94. The second-order valence-corrected chi connectivity index (χ2v) is 10.3.